The smallest absolute Gasteiger partial charge is 0.240 e. The number of amides is 1. The van der Waals surface area contributed by atoms with Gasteiger partial charge in [-0.15, -0.1) is 0 Å². The fraction of sp³-hybridized carbons (Fsp3) is 0.222. The summed E-state index contributed by atoms with van der Waals surface area (Å²) >= 11 is 0. The highest BCUT2D eigenvalue weighted by atomic mass is 19.1. The van der Waals surface area contributed by atoms with Crippen molar-refractivity contribution in [1.82, 2.24) is 5.48 Å². The number of hydrogen-bond acceptors (Lipinski definition) is 3. The molecule has 0 bridgehead atoms. The van der Waals surface area contributed by atoms with Crippen molar-refractivity contribution in [3.8, 4) is 0 Å². The van der Waals surface area contributed by atoms with E-state index in [1.165, 1.54) is 31.4 Å². The lowest BCUT2D eigenvalue weighted by Crippen LogP contribution is -2.27. The van der Waals surface area contributed by atoms with E-state index in [0.717, 1.165) is 0 Å². The number of benzene rings is 1. The highest BCUT2D eigenvalue weighted by Crippen LogP contribution is 2.07. The molecule has 0 heterocycles. The van der Waals surface area contributed by atoms with Gasteiger partial charge in [-0.3, -0.25) is 4.79 Å². The molecule has 0 spiro atoms. The molecule has 0 aliphatic carbocycles. The first-order chi connectivity index (χ1) is 6.72. The standard InChI is InChI=1S/C9H11FN2O2/c1-14-11-6-9(13)12-8-4-2-7(10)3-5-8/h2-5,11H,6H2,1H3,(H,12,13). The molecule has 4 nitrogen and oxygen atoms in total. The fourth-order valence-corrected chi connectivity index (χ4v) is 0.876. The summed E-state index contributed by atoms with van der Waals surface area (Å²) < 4.78 is 12.5. The molecule has 1 aromatic rings. The first-order valence-electron chi connectivity index (χ1n) is 4.03. The van der Waals surface area contributed by atoms with Crippen LogP contribution in [0.4, 0.5) is 10.1 Å². The lowest BCUT2D eigenvalue weighted by molar-refractivity contribution is -0.117. The van der Waals surface area contributed by atoms with Crippen LogP contribution in [0.3, 0.4) is 0 Å². The number of carbonyl (C=O) groups is 1. The van der Waals surface area contributed by atoms with E-state index >= 15 is 0 Å². The Kier molecular flexibility index (Phi) is 4.03. The molecule has 1 amide bonds. The van der Waals surface area contributed by atoms with Gasteiger partial charge in [-0.25, -0.2) is 4.39 Å². The molecule has 1 aromatic carbocycles. The number of rotatable bonds is 4. The minimum Gasteiger partial charge on any atom is -0.325 e. The van der Waals surface area contributed by atoms with Crippen molar-refractivity contribution in [2.45, 2.75) is 0 Å². The van der Waals surface area contributed by atoms with Crippen molar-refractivity contribution in [2.75, 3.05) is 19.0 Å². The van der Waals surface area contributed by atoms with Crippen molar-refractivity contribution in [2.24, 2.45) is 0 Å². The number of halogens is 1. The van der Waals surface area contributed by atoms with Gasteiger partial charge in [-0.05, 0) is 24.3 Å². The number of nitrogens with one attached hydrogen (secondary N) is 2. The zero-order valence-corrected chi connectivity index (χ0v) is 7.71. The van der Waals surface area contributed by atoms with E-state index in [1.54, 1.807) is 0 Å². The Morgan fingerprint density at radius 3 is 2.64 bits per heavy atom. The predicted molar refractivity (Wildman–Crippen MR) is 50.0 cm³/mol. The molecule has 14 heavy (non-hydrogen) atoms. The van der Waals surface area contributed by atoms with Gasteiger partial charge in [0.1, 0.15) is 12.4 Å². The summed E-state index contributed by atoms with van der Waals surface area (Å²) in [6.45, 7) is 0.0495. The summed E-state index contributed by atoms with van der Waals surface area (Å²) in [5.74, 6) is -0.587. The summed E-state index contributed by atoms with van der Waals surface area (Å²) in [6.07, 6.45) is 0. The largest absolute Gasteiger partial charge is 0.325 e. The normalized spacial score (nSPS) is 9.86. The Morgan fingerprint density at radius 1 is 1.43 bits per heavy atom. The van der Waals surface area contributed by atoms with E-state index in [1.807, 2.05) is 0 Å². The first-order valence-corrected chi connectivity index (χ1v) is 4.03. The van der Waals surface area contributed by atoms with Gasteiger partial charge >= 0.3 is 0 Å². The zero-order valence-electron chi connectivity index (χ0n) is 7.71. The second-order valence-electron chi connectivity index (χ2n) is 2.58. The molecular weight excluding hydrogens is 187 g/mol. The van der Waals surface area contributed by atoms with Crippen LogP contribution in [0, 0.1) is 5.82 Å². The van der Waals surface area contributed by atoms with Crippen LogP contribution in [-0.2, 0) is 9.63 Å². The topological polar surface area (TPSA) is 50.4 Å². The third kappa shape index (κ3) is 3.51. The monoisotopic (exact) mass is 198 g/mol. The number of carbonyl (C=O) groups excluding carboxylic acids is 1. The third-order valence-electron chi connectivity index (χ3n) is 1.51. The Hall–Kier alpha value is -1.46. The van der Waals surface area contributed by atoms with E-state index < -0.39 is 0 Å². The summed E-state index contributed by atoms with van der Waals surface area (Å²) in [4.78, 5) is 15.6. The predicted octanol–water partition coefficient (Wildman–Crippen LogP) is 0.915. The van der Waals surface area contributed by atoms with Crippen LogP contribution in [0.5, 0.6) is 0 Å². The van der Waals surface area contributed by atoms with Gasteiger partial charge in [0.2, 0.25) is 5.91 Å². The molecule has 0 atom stereocenters. The second kappa shape index (κ2) is 5.31. The van der Waals surface area contributed by atoms with Crippen molar-refractivity contribution < 1.29 is 14.0 Å². The average Bonchev–Trinajstić information content (AvgIpc) is 2.18. The van der Waals surface area contributed by atoms with E-state index in [2.05, 4.69) is 15.6 Å². The summed E-state index contributed by atoms with van der Waals surface area (Å²) in [7, 11) is 1.42. The average molecular weight is 198 g/mol. The fourth-order valence-electron chi connectivity index (χ4n) is 0.876. The first kappa shape index (κ1) is 10.6. The van der Waals surface area contributed by atoms with Crippen LogP contribution >= 0.6 is 0 Å². The molecule has 0 unspecified atom stereocenters. The van der Waals surface area contributed by atoms with Crippen LogP contribution in [0.15, 0.2) is 24.3 Å². The summed E-state index contributed by atoms with van der Waals surface area (Å²) in [6, 6.07) is 5.53. The number of hydroxylamine groups is 1. The highest BCUT2D eigenvalue weighted by molar-refractivity contribution is 5.92. The van der Waals surface area contributed by atoms with Gasteiger partial charge < -0.3 is 10.2 Å². The summed E-state index contributed by atoms with van der Waals surface area (Å²) in [5.41, 5.74) is 2.94. The zero-order chi connectivity index (χ0) is 10.4. The van der Waals surface area contributed by atoms with E-state index in [-0.39, 0.29) is 18.3 Å². The van der Waals surface area contributed by atoms with Crippen LogP contribution in [-0.4, -0.2) is 19.6 Å². The second-order valence-corrected chi connectivity index (χ2v) is 2.58. The molecule has 0 saturated carbocycles. The molecule has 0 radical (unpaired) electrons. The molecule has 0 saturated heterocycles. The van der Waals surface area contributed by atoms with E-state index in [9.17, 15) is 9.18 Å². The van der Waals surface area contributed by atoms with Crippen molar-refractivity contribution in [3.05, 3.63) is 30.1 Å². The molecule has 76 valence electrons. The van der Waals surface area contributed by atoms with Crippen molar-refractivity contribution >= 4 is 11.6 Å². The molecule has 0 aliphatic rings. The van der Waals surface area contributed by atoms with Gasteiger partial charge in [-0.1, -0.05) is 0 Å². The van der Waals surface area contributed by atoms with Crippen LogP contribution in [0.25, 0.3) is 0 Å². The maximum atomic E-state index is 12.5. The maximum Gasteiger partial charge on any atom is 0.240 e. The Labute approximate surface area is 81.0 Å². The SMILES string of the molecule is CONCC(=O)Nc1ccc(F)cc1. The lowest BCUT2D eigenvalue weighted by atomic mass is 10.3. The van der Waals surface area contributed by atoms with Crippen LogP contribution in [0.2, 0.25) is 0 Å². The van der Waals surface area contributed by atoms with Crippen molar-refractivity contribution in [3.63, 3.8) is 0 Å². The minimum atomic E-state index is -0.335. The lowest BCUT2D eigenvalue weighted by Gasteiger charge is -2.04. The molecule has 0 fully saturated rings. The highest BCUT2D eigenvalue weighted by Gasteiger charge is 2.00. The number of hydrogen-bond donors (Lipinski definition) is 2. The van der Waals surface area contributed by atoms with Crippen LogP contribution in [0.1, 0.15) is 0 Å². The van der Waals surface area contributed by atoms with Gasteiger partial charge in [0, 0.05) is 5.69 Å². The van der Waals surface area contributed by atoms with Gasteiger partial charge in [0.25, 0.3) is 0 Å². The molecular formula is C9H11FN2O2. The molecule has 0 aliphatic heterocycles. The van der Waals surface area contributed by atoms with Crippen molar-refractivity contribution in [1.29, 1.82) is 0 Å². The van der Waals surface area contributed by atoms with Gasteiger partial charge in [0.15, 0.2) is 0 Å². The van der Waals surface area contributed by atoms with E-state index in [4.69, 9.17) is 0 Å². The Morgan fingerprint density at radius 2 is 2.07 bits per heavy atom. The third-order valence-corrected chi connectivity index (χ3v) is 1.51. The summed E-state index contributed by atoms with van der Waals surface area (Å²) in [5, 5.41) is 2.56. The molecule has 2 N–H and O–H groups in total. The maximum absolute atomic E-state index is 12.5. The van der Waals surface area contributed by atoms with E-state index in [0.29, 0.717) is 5.69 Å². The van der Waals surface area contributed by atoms with Crippen LogP contribution < -0.4 is 10.8 Å². The van der Waals surface area contributed by atoms with Gasteiger partial charge in [-0.2, -0.15) is 5.48 Å². The molecule has 0 aromatic heterocycles. The Balaban J connectivity index is 2.44. The Bertz CT molecular complexity index is 300. The molecule has 1 rings (SSSR count). The molecule has 5 heteroatoms. The quantitative estimate of drug-likeness (QED) is 0.707. The van der Waals surface area contributed by atoms with Gasteiger partial charge in [0.05, 0.1) is 7.11 Å². The minimum absolute atomic E-state index is 0.0495. The number of anilines is 1.